The number of hydrogen-bond acceptors (Lipinski definition) is 3. The Morgan fingerprint density at radius 3 is 3.12 bits per heavy atom. The lowest BCUT2D eigenvalue weighted by molar-refractivity contribution is 0.192. The summed E-state index contributed by atoms with van der Waals surface area (Å²) in [4.78, 5) is 6.60. The number of anilines is 1. The molecule has 2 saturated heterocycles. The van der Waals surface area contributed by atoms with E-state index in [1.165, 1.54) is 31.9 Å². The molecule has 2 fully saturated rings. The van der Waals surface area contributed by atoms with Crippen LogP contribution < -0.4 is 5.32 Å². The fourth-order valence-electron chi connectivity index (χ4n) is 3.08. The summed E-state index contributed by atoms with van der Waals surface area (Å²) >= 11 is 0. The fraction of sp³-hybridized carbons (Fsp3) is 0.615. The summed E-state index contributed by atoms with van der Waals surface area (Å²) in [6, 6.07) is 4.02. The van der Waals surface area contributed by atoms with Gasteiger partial charge in [-0.15, -0.1) is 0 Å². The van der Waals surface area contributed by atoms with Crippen LogP contribution in [0.5, 0.6) is 0 Å². The number of aromatic nitrogens is 1. The molecule has 1 aromatic heterocycles. The molecule has 0 spiro atoms. The second-order valence-electron chi connectivity index (χ2n) is 4.97. The Bertz CT molecular complexity index is 396. The number of halogens is 1. The Morgan fingerprint density at radius 2 is 2.24 bits per heavy atom. The highest BCUT2D eigenvalue weighted by atomic mass is 19.1. The quantitative estimate of drug-likeness (QED) is 0.852. The van der Waals surface area contributed by atoms with Gasteiger partial charge in [-0.1, -0.05) is 6.42 Å². The molecular weight excluding hydrogens is 217 g/mol. The average molecular weight is 235 g/mol. The average Bonchev–Trinajstić information content (AvgIpc) is 2.76. The molecule has 0 radical (unpaired) electrons. The molecule has 2 aliphatic rings. The van der Waals surface area contributed by atoms with Crippen LogP contribution in [0.25, 0.3) is 0 Å². The largest absolute Gasteiger partial charge is 0.363 e. The third kappa shape index (κ3) is 2.14. The number of nitrogens with one attached hydrogen (secondary N) is 1. The van der Waals surface area contributed by atoms with Crippen molar-refractivity contribution in [3.63, 3.8) is 0 Å². The van der Waals surface area contributed by atoms with Gasteiger partial charge in [0, 0.05) is 24.8 Å². The van der Waals surface area contributed by atoms with Crippen LogP contribution in [-0.4, -0.2) is 35.1 Å². The van der Waals surface area contributed by atoms with Crippen LogP contribution >= 0.6 is 0 Å². The Balaban J connectivity index is 1.71. The van der Waals surface area contributed by atoms with Crippen LogP contribution in [0.2, 0.25) is 0 Å². The minimum atomic E-state index is -0.248. The van der Waals surface area contributed by atoms with Crippen LogP contribution in [-0.2, 0) is 0 Å². The minimum Gasteiger partial charge on any atom is -0.363 e. The predicted octanol–water partition coefficient (Wildman–Crippen LogP) is 2.26. The molecule has 1 N–H and O–H groups in total. The summed E-state index contributed by atoms with van der Waals surface area (Å²) in [6.07, 6.45) is 6.57. The van der Waals surface area contributed by atoms with Crippen LogP contribution in [0.4, 0.5) is 10.2 Å². The van der Waals surface area contributed by atoms with E-state index in [2.05, 4.69) is 15.2 Å². The van der Waals surface area contributed by atoms with Crippen molar-refractivity contribution in [2.75, 3.05) is 18.4 Å². The van der Waals surface area contributed by atoms with E-state index >= 15 is 0 Å². The van der Waals surface area contributed by atoms with Crippen molar-refractivity contribution in [1.82, 2.24) is 9.88 Å². The summed E-state index contributed by atoms with van der Waals surface area (Å²) in [5.74, 6) is 0.159. The maximum absolute atomic E-state index is 13.5. The van der Waals surface area contributed by atoms with Gasteiger partial charge in [-0.25, -0.2) is 9.37 Å². The van der Waals surface area contributed by atoms with Gasteiger partial charge in [0.25, 0.3) is 0 Å². The Hall–Kier alpha value is -1.16. The van der Waals surface area contributed by atoms with Crippen molar-refractivity contribution in [2.24, 2.45) is 0 Å². The predicted molar refractivity (Wildman–Crippen MR) is 65.4 cm³/mol. The first-order chi connectivity index (χ1) is 8.34. The number of piperidine rings is 1. The van der Waals surface area contributed by atoms with Gasteiger partial charge in [0.2, 0.25) is 0 Å². The lowest BCUT2D eigenvalue weighted by atomic mass is 9.99. The molecule has 3 rings (SSSR count). The summed E-state index contributed by atoms with van der Waals surface area (Å²) < 4.78 is 13.5. The zero-order valence-corrected chi connectivity index (χ0v) is 9.90. The molecule has 0 aromatic carbocycles. The zero-order chi connectivity index (χ0) is 11.7. The first kappa shape index (κ1) is 11.0. The molecule has 17 heavy (non-hydrogen) atoms. The molecule has 92 valence electrons. The monoisotopic (exact) mass is 235 g/mol. The SMILES string of the molecule is Fc1cccnc1NC1CCN2CCCCC12. The van der Waals surface area contributed by atoms with Crippen LogP contribution in [0.3, 0.4) is 0 Å². The van der Waals surface area contributed by atoms with Crippen molar-refractivity contribution in [2.45, 2.75) is 37.8 Å². The molecule has 0 saturated carbocycles. The van der Waals surface area contributed by atoms with E-state index in [1.54, 1.807) is 12.3 Å². The number of rotatable bonds is 2. The van der Waals surface area contributed by atoms with Crippen LogP contribution in [0.15, 0.2) is 18.3 Å². The van der Waals surface area contributed by atoms with E-state index in [0.717, 1.165) is 13.0 Å². The molecule has 0 amide bonds. The second-order valence-corrected chi connectivity index (χ2v) is 4.97. The van der Waals surface area contributed by atoms with E-state index < -0.39 is 0 Å². The van der Waals surface area contributed by atoms with E-state index in [-0.39, 0.29) is 5.82 Å². The van der Waals surface area contributed by atoms with Crippen molar-refractivity contribution >= 4 is 5.82 Å². The smallest absolute Gasteiger partial charge is 0.165 e. The molecule has 0 aliphatic carbocycles. The third-order valence-corrected chi connectivity index (χ3v) is 3.94. The van der Waals surface area contributed by atoms with Gasteiger partial charge in [0.1, 0.15) is 0 Å². The molecule has 0 bridgehead atoms. The molecule has 3 nitrogen and oxygen atoms in total. The van der Waals surface area contributed by atoms with Crippen molar-refractivity contribution in [3.05, 3.63) is 24.1 Å². The Morgan fingerprint density at radius 1 is 1.29 bits per heavy atom. The summed E-state index contributed by atoms with van der Waals surface area (Å²) in [5.41, 5.74) is 0. The number of nitrogens with zero attached hydrogens (tertiary/aromatic N) is 2. The first-order valence-corrected chi connectivity index (χ1v) is 6.46. The highest BCUT2D eigenvalue weighted by Gasteiger charge is 2.35. The summed E-state index contributed by atoms with van der Waals surface area (Å²) in [5, 5.41) is 3.28. The van der Waals surface area contributed by atoms with Crippen molar-refractivity contribution in [3.8, 4) is 0 Å². The Labute approximate surface area is 101 Å². The second kappa shape index (κ2) is 4.61. The number of pyridine rings is 1. The normalized spacial score (nSPS) is 29.0. The molecular formula is C13H18FN3. The van der Waals surface area contributed by atoms with E-state index in [1.807, 2.05) is 0 Å². The zero-order valence-electron chi connectivity index (χ0n) is 9.90. The summed E-state index contributed by atoms with van der Waals surface area (Å²) in [6.45, 7) is 2.34. The third-order valence-electron chi connectivity index (χ3n) is 3.94. The Kier molecular flexibility index (Phi) is 2.97. The van der Waals surface area contributed by atoms with Gasteiger partial charge >= 0.3 is 0 Å². The van der Waals surface area contributed by atoms with Gasteiger partial charge in [-0.3, -0.25) is 4.90 Å². The van der Waals surface area contributed by atoms with E-state index in [4.69, 9.17) is 0 Å². The van der Waals surface area contributed by atoms with E-state index in [0.29, 0.717) is 17.9 Å². The fourth-order valence-corrected chi connectivity index (χ4v) is 3.08. The minimum absolute atomic E-state index is 0.248. The lowest BCUT2D eigenvalue weighted by Crippen LogP contribution is -2.41. The van der Waals surface area contributed by atoms with Gasteiger partial charge in [0.15, 0.2) is 11.6 Å². The molecule has 3 heterocycles. The van der Waals surface area contributed by atoms with Crippen molar-refractivity contribution < 1.29 is 4.39 Å². The van der Waals surface area contributed by atoms with Crippen LogP contribution in [0, 0.1) is 5.82 Å². The highest BCUT2D eigenvalue weighted by molar-refractivity contribution is 5.37. The maximum atomic E-state index is 13.5. The molecule has 1 aromatic rings. The first-order valence-electron chi connectivity index (χ1n) is 6.46. The van der Waals surface area contributed by atoms with E-state index in [9.17, 15) is 4.39 Å². The lowest BCUT2D eigenvalue weighted by Gasteiger charge is -2.32. The van der Waals surface area contributed by atoms with Gasteiger partial charge in [-0.2, -0.15) is 0 Å². The van der Waals surface area contributed by atoms with Gasteiger partial charge < -0.3 is 5.32 Å². The molecule has 4 heteroatoms. The standard InChI is InChI=1S/C13H18FN3/c14-10-4-3-7-15-13(10)16-11-6-9-17-8-2-1-5-12(11)17/h3-4,7,11-12H,1-2,5-6,8-9H2,(H,15,16). The van der Waals surface area contributed by atoms with Gasteiger partial charge in [-0.05, 0) is 37.9 Å². The van der Waals surface area contributed by atoms with Gasteiger partial charge in [0.05, 0.1) is 0 Å². The summed E-state index contributed by atoms with van der Waals surface area (Å²) in [7, 11) is 0. The number of hydrogen-bond donors (Lipinski definition) is 1. The van der Waals surface area contributed by atoms with Crippen molar-refractivity contribution in [1.29, 1.82) is 0 Å². The molecule has 2 atom stereocenters. The topological polar surface area (TPSA) is 28.2 Å². The maximum Gasteiger partial charge on any atom is 0.165 e. The number of fused-ring (bicyclic) bond motifs is 1. The molecule has 2 unspecified atom stereocenters. The van der Waals surface area contributed by atoms with Crippen LogP contribution in [0.1, 0.15) is 25.7 Å². The molecule has 2 aliphatic heterocycles. The highest BCUT2D eigenvalue weighted by Crippen LogP contribution is 2.29.